The Morgan fingerprint density at radius 1 is 1.20 bits per heavy atom. The third-order valence-electron chi connectivity index (χ3n) is 3.62. The average molecular weight is 306 g/mol. The second-order valence-corrected chi connectivity index (χ2v) is 6.59. The summed E-state index contributed by atoms with van der Waals surface area (Å²) in [5, 5.41) is 3.15. The maximum Gasteiger partial charge on any atom is 0.185 e. The van der Waals surface area contributed by atoms with Gasteiger partial charge in [-0.2, -0.15) is 0 Å². The molecule has 0 aromatic carbocycles. The standard InChI is InChI=1S/C14H18N4S2/c1-10-8-17(13-4-3-12(19)7-16-13)9-11(2)18(10)14-15-5-6-20-14/h3-7,10-11,19H,8-9H2,1-2H3. The summed E-state index contributed by atoms with van der Waals surface area (Å²) in [4.78, 5) is 14.6. The van der Waals surface area contributed by atoms with E-state index < -0.39 is 0 Å². The first-order valence-corrected chi connectivity index (χ1v) is 8.05. The number of thiazole rings is 1. The highest BCUT2D eigenvalue weighted by atomic mass is 32.1. The molecule has 0 spiro atoms. The van der Waals surface area contributed by atoms with Crippen molar-refractivity contribution in [3.8, 4) is 0 Å². The third-order valence-corrected chi connectivity index (χ3v) is 4.66. The number of rotatable bonds is 2. The van der Waals surface area contributed by atoms with Crippen molar-refractivity contribution < 1.29 is 0 Å². The highest BCUT2D eigenvalue weighted by molar-refractivity contribution is 7.80. The fourth-order valence-corrected chi connectivity index (χ4v) is 3.77. The van der Waals surface area contributed by atoms with Gasteiger partial charge in [-0.15, -0.1) is 24.0 Å². The SMILES string of the molecule is CC1CN(c2ccc(S)cn2)CC(C)N1c1nccs1. The minimum absolute atomic E-state index is 0.419. The second kappa shape index (κ2) is 5.61. The monoisotopic (exact) mass is 306 g/mol. The Morgan fingerprint density at radius 3 is 2.50 bits per heavy atom. The van der Waals surface area contributed by atoms with Crippen molar-refractivity contribution in [2.24, 2.45) is 0 Å². The van der Waals surface area contributed by atoms with Gasteiger partial charge in [-0.3, -0.25) is 0 Å². The molecule has 1 fully saturated rings. The number of piperazine rings is 1. The largest absolute Gasteiger partial charge is 0.353 e. The lowest BCUT2D eigenvalue weighted by atomic mass is 10.1. The van der Waals surface area contributed by atoms with E-state index in [1.165, 1.54) is 0 Å². The Labute approximate surface area is 128 Å². The van der Waals surface area contributed by atoms with E-state index in [1.807, 2.05) is 23.7 Å². The number of hydrogen-bond donors (Lipinski definition) is 1. The van der Waals surface area contributed by atoms with Gasteiger partial charge < -0.3 is 9.80 Å². The first-order chi connectivity index (χ1) is 9.65. The van der Waals surface area contributed by atoms with Gasteiger partial charge in [0.05, 0.1) is 0 Å². The number of thiol groups is 1. The van der Waals surface area contributed by atoms with Gasteiger partial charge in [-0.25, -0.2) is 9.97 Å². The van der Waals surface area contributed by atoms with Crippen LogP contribution < -0.4 is 9.80 Å². The summed E-state index contributed by atoms with van der Waals surface area (Å²) in [6.07, 6.45) is 3.68. The molecule has 2 aromatic rings. The van der Waals surface area contributed by atoms with Crippen LogP contribution in [0.2, 0.25) is 0 Å². The third kappa shape index (κ3) is 2.62. The van der Waals surface area contributed by atoms with Gasteiger partial charge in [-0.1, -0.05) is 0 Å². The van der Waals surface area contributed by atoms with Crippen molar-refractivity contribution in [2.75, 3.05) is 22.9 Å². The normalized spacial score (nSPS) is 23.1. The number of nitrogens with zero attached hydrogens (tertiary/aromatic N) is 4. The maximum absolute atomic E-state index is 4.48. The van der Waals surface area contributed by atoms with Crippen LogP contribution in [0.3, 0.4) is 0 Å². The molecule has 0 N–H and O–H groups in total. The van der Waals surface area contributed by atoms with Crippen molar-refractivity contribution in [3.63, 3.8) is 0 Å². The lowest BCUT2D eigenvalue weighted by molar-refractivity contribution is 0.472. The number of hydrogen-bond acceptors (Lipinski definition) is 6. The van der Waals surface area contributed by atoms with Gasteiger partial charge in [0, 0.05) is 47.8 Å². The number of pyridine rings is 1. The number of aromatic nitrogens is 2. The molecule has 0 radical (unpaired) electrons. The first kappa shape index (κ1) is 13.7. The van der Waals surface area contributed by atoms with Crippen LogP contribution in [0, 0.1) is 0 Å². The molecule has 1 saturated heterocycles. The van der Waals surface area contributed by atoms with Gasteiger partial charge in [0.1, 0.15) is 5.82 Å². The van der Waals surface area contributed by atoms with E-state index >= 15 is 0 Å². The van der Waals surface area contributed by atoms with E-state index in [-0.39, 0.29) is 0 Å². The molecule has 0 aliphatic carbocycles. The van der Waals surface area contributed by atoms with Crippen LogP contribution >= 0.6 is 24.0 Å². The molecule has 4 nitrogen and oxygen atoms in total. The van der Waals surface area contributed by atoms with E-state index in [4.69, 9.17) is 0 Å². The number of anilines is 2. The van der Waals surface area contributed by atoms with Crippen molar-refractivity contribution in [1.29, 1.82) is 0 Å². The maximum atomic E-state index is 4.48. The summed E-state index contributed by atoms with van der Waals surface area (Å²) >= 11 is 6.00. The zero-order chi connectivity index (χ0) is 14.1. The van der Waals surface area contributed by atoms with Gasteiger partial charge in [-0.05, 0) is 26.0 Å². The molecule has 0 saturated carbocycles. The summed E-state index contributed by atoms with van der Waals surface area (Å²) in [5.41, 5.74) is 0. The zero-order valence-electron chi connectivity index (χ0n) is 11.6. The molecular formula is C14H18N4S2. The minimum atomic E-state index is 0.419. The van der Waals surface area contributed by atoms with E-state index in [0.29, 0.717) is 12.1 Å². The average Bonchev–Trinajstić information content (AvgIpc) is 2.92. The topological polar surface area (TPSA) is 32.3 Å². The lowest BCUT2D eigenvalue weighted by Crippen LogP contribution is -2.57. The summed E-state index contributed by atoms with van der Waals surface area (Å²) < 4.78 is 0. The van der Waals surface area contributed by atoms with Crippen LogP contribution in [0.4, 0.5) is 10.9 Å². The lowest BCUT2D eigenvalue weighted by Gasteiger charge is -2.44. The Bertz CT molecular complexity index is 543. The van der Waals surface area contributed by atoms with E-state index in [1.54, 1.807) is 17.5 Å². The first-order valence-electron chi connectivity index (χ1n) is 6.73. The quantitative estimate of drug-likeness (QED) is 0.865. The van der Waals surface area contributed by atoms with Crippen LogP contribution in [0.5, 0.6) is 0 Å². The Hall–Kier alpha value is -1.27. The molecule has 2 unspecified atom stereocenters. The van der Waals surface area contributed by atoms with Crippen LogP contribution in [-0.2, 0) is 0 Å². The van der Waals surface area contributed by atoms with Gasteiger partial charge >= 0.3 is 0 Å². The molecule has 106 valence electrons. The van der Waals surface area contributed by atoms with Crippen LogP contribution in [0.1, 0.15) is 13.8 Å². The summed E-state index contributed by atoms with van der Waals surface area (Å²) in [6.45, 7) is 6.42. The highest BCUT2D eigenvalue weighted by Crippen LogP contribution is 2.28. The summed E-state index contributed by atoms with van der Waals surface area (Å²) in [5.74, 6) is 1.03. The molecule has 0 amide bonds. The minimum Gasteiger partial charge on any atom is -0.353 e. The molecule has 6 heteroatoms. The Morgan fingerprint density at radius 2 is 1.95 bits per heavy atom. The van der Waals surface area contributed by atoms with E-state index in [9.17, 15) is 0 Å². The Balaban J connectivity index is 1.79. The summed E-state index contributed by atoms with van der Waals surface area (Å²) in [7, 11) is 0. The highest BCUT2D eigenvalue weighted by Gasteiger charge is 2.31. The molecular weight excluding hydrogens is 288 g/mol. The fraction of sp³-hybridized carbons (Fsp3) is 0.429. The van der Waals surface area contributed by atoms with Crippen molar-refractivity contribution in [1.82, 2.24) is 9.97 Å². The van der Waals surface area contributed by atoms with Gasteiger partial charge in [0.25, 0.3) is 0 Å². The fourth-order valence-electron chi connectivity index (χ4n) is 2.80. The molecule has 3 heterocycles. The predicted octanol–water partition coefficient (Wildman–Crippen LogP) is 2.93. The van der Waals surface area contributed by atoms with Crippen LogP contribution in [-0.4, -0.2) is 35.1 Å². The predicted molar refractivity (Wildman–Crippen MR) is 87.2 cm³/mol. The van der Waals surface area contributed by atoms with Crippen molar-refractivity contribution >= 4 is 34.9 Å². The van der Waals surface area contributed by atoms with E-state index in [0.717, 1.165) is 28.9 Å². The molecule has 20 heavy (non-hydrogen) atoms. The van der Waals surface area contributed by atoms with E-state index in [2.05, 4.69) is 46.2 Å². The molecule has 2 atom stereocenters. The smallest absolute Gasteiger partial charge is 0.185 e. The second-order valence-electron chi connectivity index (χ2n) is 5.20. The van der Waals surface area contributed by atoms with Gasteiger partial charge in [0.2, 0.25) is 0 Å². The molecule has 2 aromatic heterocycles. The Kier molecular flexibility index (Phi) is 3.85. The van der Waals surface area contributed by atoms with Gasteiger partial charge in [0.15, 0.2) is 5.13 Å². The zero-order valence-corrected chi connectivity index (χ0v) is 13.3. The summed E-state index contributed by atoms with van der Waals surface area (Å²) in [6, 6.07) is 4.87. The van der Waals surface area contributed by atoms with Crippen LogP contribution in [0.25, 0.3) is 0 Å². The molecule has 0 bridgehead atoms. The molecule has 1 aliphatic heterocycles. The van der Waals surface area contributed by atoms with Crippen LogP contribution in [0.15, 0.2) is 34.8 Å². The van der Waals surface area contributed by atoms with Crippen molar-refractivity contribution in [2.45, 2.75) is 30.8 Å². The molecule has 3 rings (SSSR count). The van der Waals surface area contributed by atoms with Crippen molar-refractivity contribution in [3.05, 3.63) is 29.9 Å². The molecule has 1 aliphatic rings.